The van der Waals surface area contributed by atoms with Gasteiger partial charge in [0.25, 0.3) is 5.91 Å². The van der Waals surface area contributed by atoms with Gasteiger partial charge in [-0.2, -0.15) is 0 Å². The van der Waals surface area contributed by atoms with Gasteiger partial charge in [-0.15, -0.1) is 0 Å². The number of carbonyl (C=O) groups is 3. The van der Waals surface area contributed by atoms with Crippen molar-refractivity contribution in [3.8, 4) is 11.5 Å². The van der Waals surface area contributed by atoms with E-state index >= 15 is 0 Å². The van der Waals surface area contributed by atoms with Gasteiger partial charge in [0.05, 0.1) is 37.4 Å². The fourth-order valence-electron chi connectivity index (χ4n) is 3.78. The van der Waals surface area contributed by atoms with Crippen molar-refractivity contribution in [3.05, 3.63) is 17.7 Å². The molecule has 2 atom stereocenters. The van der Waals surface area contributed by atoms with E-state index in [2.05, 4.69) is 0 Å². The molecule has 0 aliphatic carbocycles. The van der Waals surface area contributed by atoms with E-state index < -0.39 is 29.9 Å². The molecule has 0 saturated carbocycles. The Morgan fingerprint density at radius 1 is 1.23 bits per heavy atom. The summed E-state index contributed by atoms with van der Waals surface area (Å²) in [5.74, 6) is -1.000. The van der Waals surface area contributed by atoms with E-state index in [9.17, 15) is 19.5 Å². The van der Waals surface area contributed by atoms with Gasteiger partial charge in [0.1, 0.15) is 5.60 Å². The van der Waals surface area contributed by atoms with Crippen LogP contribution >= 0.6 is 0 Å². The molecule has 2 aliphatic heterocycles. The normalized spacial score (nSPS) is 20.6. The van der Waals surface area contributed by atoms with Gasteiger partial charge in [-0.25, -0.2) is 9.69 Å². The Kier molecular flexibility index (Phi) is 6.30. The predicted octanol–water partition coefficient (Wildman–Crippen LogP) is 2.23. The van der Waals surface area contributed by atoms with Crippen LogP contribution in [0.15, 0.2) is 12.1 Å². The summed E-state index contributed by atoms with van der Waals surface area (Å²) >= 11 is 0. The van der Waals surface area contributed by atoms with Crippen LogP contribution < -0.4 is 14.4 Å². The number of amides is 2. The largest absolute Gasteiger partial charge is 0.493 e. The first-order valence-electron chi connectivity index (χ1n) is 10.1. The van der Waals surface area contributed by atoms with E-state index in [-0.39, 0.29) is 41.7 Å². The second-order valence-electron chi connectivity index (χ2n) is 8.48. The first kappa shape index (κ1) is 22.7. The van der Waals surface area contributed by atoms with Crippen LogP contribution in [0, 0.1) is 0 Å². The van der Waals surface area contributed by atoms with Crippen molar-refractivity contribution in [2.75, 3.05) is 25.2 Å². The Morgan fingerprint density at radius 2 is 1.94 bits per heavy atom. The fraction of sp³-hybridized carbons (Fsp3) is 0.571. The molecule has 170 valence electrons. The average molecular weight is 436 g/mol. The monoisotopic (exact) mass is 436 g/mol. The predicted molar refractivity (Wildman–Crippen MR) is 110 cm³/mol. The molecule has 10 nitrogen and oxygen atoms in total. The van der Waals surface area contributed by atoms with Crippen LogP contribution in [0.5, 0.6) is 11.5 Å². The lowest BCUT2D eigenvalue weighted by atomic mass is 10.1. The number of hydrogen-bond acceptors (Lipinski definition) is 7. The fourth-order valence-corrected chi connectivity index (χ4v) is 3.78. The minimum Gasteiger partial charge on any atom is -0.493 e. The van der Waals surface area contributed by atoms with Gasteiger partial charge in [0, 0.05) is 12.6 Å². The van der Waals surface area contributed by atoms with E-state index in [4.69, 9.17) is 19.3 Å². The number of aliphatic carboxylic acids is 1. The quantitative estimate of drug-likeness (QED) is 0.720. The average Bonchev–Trinajstić information content (AvgIpc) is 3.13. The summed E-state index contributed by atoms with van der Waals surface area (Å²) in [5.41, 5.74) is -0.542. The van der Waals surface area contributed by atoms with Crippen molar-refractivity contribution in [3.63, 3.8) is 0 Å². The molecule has 1 saturated heterocycles. The Labute approximate surface area is 180 Å². The van der Waals surface area contributed by atoms with Crippen LogP contribution in [0.1, 0.15) is 50.4 Å². The third-order valence-corrected chi connectivity index (χ3v) is 5.10. The summed E-state index contributed by atoms with van der Waals surface area (Å²) in [6.45, 7) is 5.44. The number of hydrogen-bond donors (Lipinski definition) is 2. The number of carboxylic acid groups (broad SMARTS) is 1. The van der Waals surface area contributed by atoms with Crippen molar-refractivity contribution < 1.29 is 38.8 Å². The highest BCUT2D eigenvalue weighted by Crippen LogP contribution is 2.41. The minimum atomic E-state index is -1.32. The van der Waals surface area contributed by atoms with Crippen molar-refractivity contribution in [2.24, 2.45) is 0 Å². The highest BCUT2D eigenvalue weighted by Gasteiger charge is 2.45. The maximum Gasteiger partial charge on any atom is 0.417 e. The van der Waals surface area contributed by atoms with Gasteiger partial charge >= 0.3 is 12.1 Å². The summed E-state index contributed by atoms with van der Waals surface area (Å²) in [4.78, 5) is 39.8. The van der Waals surface area contributed by atoms with Crippen LogP contribution in [-0.2, 0) is 9.53 Å². The zero-order valence-electron chi connectivity index (χ0n) is 18.1. The number of anilines is 1. The van der Waals surface area contributed by atoms with Gasteiger partial charge in [0.15, 0.2) is 17.7 Å². The molecule has 1 fully saturated rings. The molecule has 10 heteroatoms. The topological polar surface area (TPSA) is 126 Å². The number of rotatable bonds is 5. The second kappa shape index (κ2) is 8.62. The maximum atomic E-state index is 13.3. The lowest BCUT2D eigenvalue weighted by Crippen LogP contribution is -2.51. The number of fused-ring (bicyclic) bond motifs is 2. The summed E-state index contributed by atoms with van der Waals surface area (Å²) in [6, 6.07) is 2.27. The molecule has 3 rings (SSSR count). The Hall–Kier alpha value is -3.01. The summed E-state index contributed by atoms with van der Waals surface area (Å²) < 4.78 is 16.4. The second-order valence-corrected chi connectivity index (χ2v) is 8.48. The molecule has 1 aromatic carbocycles. The van der Waals surface area contributed by atoms with Gasteiger partial charge in [-0.05, 0) is 39.7 Å². The van der Waals surface area contributed by atoms with Gasteiger partial charge in [-0.3, -0.25) is 9.59 Å². The molecule has 1 aromatic rings. The number of benzene rings is 1. The van der Waals surface area contributed by atoms with E-state index in [1.165, 1.54) is 19.2 Å². The highest BCUT2D eigenvalue weighted by atomic mass is 16.6. The smallest absolute Gasteiger partial charge is 0.417 e. The standard InChI is InChI=1S/C21H28N2O8/c1-21(2,3)31-20(28)23-14-11-16(30-9-7-17(24)25)15(29-4)10-12(14)18(26)22-8-5-6-13(22)19(23)27/h10-11,13,19,27H,5-9H2,1-4H3,(H,24,25)/t13-,19-/m0/s1. The molecule has 0 spiro atoms. The number of aliphatic hydroxyl groups excluding tert-OH is 1. The third kappa shape index (κ3) is 4.68. The molecule has 31 heavy (non-hydrogen) atoms. The van der Waals surface area contributed by atoms with E-state index in [1.54, 1.807) is 25.7 Å². The highest BCUT2D eigenvalue weighted by molar-refractivity contribution is 6.06. The Morgan fingerprint density at radius 3 is 2.55 bits per heavy atom. The van der Waals surface area contributed by atoms with Crippen LogP contribution in [-0.4, -0.2) is 71.2 Å². The van der Waals surface area contributed by atoms with Crippen molar-refractivity contribution in [1.82, 2.24) is 4.90 Å². The zero-order valence-corrected chi connectivity index (χ0v) is 18.1. The number of carboxylic acids is 1. The number of carbonyl (C=O) groups excluding carboxylic acids is 2. The molecule has 2 heterocycles. The van der Waals surface area contributed by atoms with Crippen LogP contribution in [0.3, 0.4) is 0 Å². The first-order valence-corrected chi connectivity index (χ1v) is 10.1. The van der Waals surface area contributed by atoms with E-state index in [0.717, 1.165) is 4.90 Å². The minimum absolute atomic E-state index is 0.118. The maximum absolute atomic E-state index is 13.3. The zero-order chi connectivity index (χ0) is 22.9. The molecule has 0 radical (unpaired) electrons. The molecule has 0 bridgehead atoms. The summed E-state index contributed by atoms with van der Waals surface area (Å²) in [6.07, 6.45) is -1.11. The molecule has 0 aromatic heterocycles. The number of ether oxygens (including phenoxy) is 3. The number of nitrogens with zero attached hydrogens (tertiary/aromatic N) is 2. The molecule has 2 N–H and O–H groups in total. The first-order chi connectivity index (χ1) is 14.5. The summed E-state index contributed by atoms with van der Waals surface area (Å²) in [7, 11) is 1.39. The number of aliphatic hydroxyl groups is 1. The SMILES string of the molecule is COc1cc2c(cc1OCCC(=O)O)N(C(=O)OC(C)(C)C)[C@@H](O)[C@@H]1CCCN1C2=O. The van der Waals surface area contributed by atoms with Crippen LogP contribution in [0.4, 0.5) is 10.5 Å². The van der Waals surface area contributed by atoms with Gasteiger partial charge in [0.2, 0.25) is 0 Å². The molecule has 2 amide bonds. The molecular weight excluding hydrogens is 408 g/mol. The van der Waals surface area contributed by atoms with Crippen molar-refractivity contribution >= 4 is 23.7 Å². The lowest BCUT2D eigenvalue weighted by molar-refractivity contribution is -0.137. The van der Waals surface area contributed by atoms with Gasteiger partial charge in [-0.1, -0.05) is 0 Å². The third-order valence-electron chi connectivity index (χ3n) is 5.10. The lowest BCUT2D eigenvalue weighted by Gasteiger charge is -2.33. The molecule has 0 unspecified atom stereocenters. The van der Waals surface area contributed by atoms with Crippen LogP contribution in [0.2, 0.25) is 0 Å². The number of methoxy groups -OCH3 is 1. The van der Waals surface area contributed by atoms with Crippen molar-refractivity contribution in [1.29, 1.82) is 0 Å². The molecular formula is C21H28N2O8. The van der Waals surface area contributed by atoms with Gasteiger partial charge < -0.3 is 29.3 Å². The summed E-state index contributed by atoms with van der Waals surface area (Å²) in [5, 5.41) is 20.0. The van der Waals surface area contributed by atoms with E-state index in [1.807, 2.05) is 0 Å². The van der Waals surface area contributed by atoms with Crippen LogP contribution in [0.25, 0.3) is 0 Å². The molecule has 2 aliphatic rings. The Balaban J connectivity index is 2.10. The Bertz CT molecular complexity index is 879. The van der Waals surface area contributed by atoms with Crippen molar-refractivity contribution in [2.45, 2.75) is 57.9 Å². The van der Waals surface area contributed by atoms with E-state index in [0.29, 0.717) is 19.4 Å².